The second-order valence-electron chi connectivity index (χ2n) is 7.14. The van der Waals surface area contributed by atoms with Crippen molar-refractivity contribution in [1.29, 1.82) is 0 Å². The summed E-state index contributed by atoms with van der Waals surface area (Å²) < 4.78 is 1.65. The standard InChI is InChI=1S/C22H27N3O/c1-5-17-9-11-18(12-10-17)22(15(2)3)23-14-19-13-21(26)25-16(4)7-6-8-20(25)24-19/h6-13,15,22-23H,5,14H2,1-4H3/t22-/m0/s1. The van der Waals surface area contributed by atoms with Crippen LogP contribution >= 0.6 is 0 Å². The lowest BCUT2D eigenvalue weighted by molar-refractivity contribution is 0.408. The van der Waals surface area contributed by atoms with Crippen LogP contribution in [0.25, 0.3) is 5.65 Å². The zero-order chi connectivity index (χ0) is 18.7. The average molecular weight is 349 g/mol. The van der Waals surface area contributed by atoms with E-state index >= 15 is 0 Å². The molecule has 0 spiro atoms. The molecule has 4 heteroatoms. The minimum Gasteiger partial charge on any atom is -0.304 e. The molecule has 0 amide bonds. The van der Waals surface area contributed by atoms with Crippen molar-refractivity contribution in [3.8, 4) is 0 Å². The third kappa shape index (κ3) is 3.86. The molecule has 1 aromatic carbocycles. The van der Waals surface area contributed by atoms with Crippen molar-refractivity contribution in [2.24, 2.45) is 5.92 Å². The van der Waals surface area contributed by atoms with Crippen LogP contribution in [-0.4, -0.2) is 9.38 Å². The first-order valence-corrected chi connectivity index (χ1v) is 9.30. The molecule has 3 aromatic rings. The minimum absolute atomic E-state index is 0.0294. The van der Waals surface area contributed by atoms with Gasteiger partial charge in [0.05, 0.1) is 5.69 Å². The Morgan fingerprint density at radius 2 is 1.85 bits per heavy atom. The predicted octanol–water partition coefficient (Wildman–Crippen LogP) is 4.05. The van der Waals surface area contributed by atoms with Crippen molar-refractivity contribution in [1.82, 2.24) is 14.7 Å². The fourth-order valence-corrected chi connectivity index (χ4v) is 3.37. The molecule has 2 aromatic heterocycles. The molecule has 0 radical (unpaired) electrons. The molecule has 1 N–H and O–H groups in total. The zero-order valence-electron chi connectivity index (χ0n) is 16.0. The highest BCUT2D eigenvalue weighted by molar-refractivity contribution is 5.40. The van der Waals surface area contributed by atoms with Crippen molar-refractivity contribution in [3.05, 3.63) is 81.4 Å². The van der Waals surface area contributed by atoms with E-state index in [1.165, 1.54) is 11.1 Å². The lowest BCUT2D eigenvalue weighted by Crippen LogP contribution is -2.27. The van der Waals surface area contributed by atoms with Gasteiger partial charge in [-0.2, -0.15) is 0 Å². The Kier molecular flexibility index (Phi) is 5.52. The van der Waals surface area contributed by atoms with Gasteiger partial charge in [0, 0.05) is 24.3 Å². The summed E-state index contributed by atoms with van der Waals surface area (Å²) in [6.07, 6.45) is 1.05. The summed E-state index contributed by atoms with van der Waals surface area (Å²) in [5.41, 5.74) is 4.95. The highest BCUT2D eigenvalue weighted by Crippen LogP contribution is 2.22. The summed E-state index contributed by atoms with van der Waals surface area (Å²) in [5, 5.41) is 3.59. The SMILES string of the molecule is CCc1ccc([C@@H](NCc2cc(=O)n3c(C)cccc3n2)C(C)C)cc1. The van der Waals surface area contributed by atoms with Gasteiger partial charge in [-0.15, -0.1) is 0 Å². The fraction of sp³-hybridized carbons (Fsp3) is 0.364. The molecule has 4 nitrogen and oxygen atoms in total. The number of nitrogens with one attached hydrogen (secondary N) is 1. The zero-order valence-corrected chi connectivity index (χ0v) is 16.0. The van der Waals surface area contributed by atoms with E-state index < -0.39 is 0 Å². The van der Waals surface area contributed by atoms with Gasteiger partial charge in [0.15, 0.2) is 0 Å². The molecule has 2 heterocycles. The summed E-state index contributed by atoms with van der Waals surface area (Å²) in [4.78, 5) is 17.1. The van der Waals surface area contributed by atoms with Gasteiger partial charge in [-0.25, -0.2) is 4.98 Å². The van der Waals surface area contributed by atoms with Crippen molar-refractivity contribution in [3.63, 3.8) is 0 Å². The van der Waals surface area contributed by atoms with Gasteiger partial charge >= 0.3 is 0 Å². The van der Waals surface area contributed by atoms with E-state index in [1.54, 1.807) is 10.5 Å². The van der Waals surface area contributed by atoms with Crippen molar-refractivity contribution < 1.29 is 0 Å². The maximum atomic E-state index is 12.4. The lowest BCUT2D eigenvalue weighted by atomic mass is 9.95. The summed E-state index contributed by atoms with van der Waals surface area (Å²) in [5.74, 6) is 0.436. The van der Waals surface area contributed by atoms with Crippen molar-refractivity contribution >= 4 is 5.65 Å². The lowest BCUT2D eigenvalue weighted by Gasteiger charge is -2.23. The third-order valence-corrected chi connectivity index (χ3v) is 4.85. The number of fused-ring (bicyclic) bond motifs is 1. The number of pyridine rings is 1. The quantitative estimate of drug-likeness (QED) is 0.730. The van der Waals surface area contributed by atoms with Crippen molar-refractivity contribution in [2.45, 2.75) is 46.7 Å². The van der Waals surface area contributed by atoms with E-state index in [2.05, 4.69) is 55.3 Å². The van der Waals surface area contributed by atoms with E-state index in [0.717, 1.165) is 17.8 Å². The topological polar surface area (TPSA) is 46.4 Å². The van der Waals surface area contributed by atoms with Crippen LogP contribution in [0.15, 0.2) is 53.3 Å². The smallest absolute Gasteiger partial charge is 0.258 e. The molecule has 0 saturated carbocycles. The van der Waals surface area contributed by atoms with Gasteiger partial charge < -0.3 is 5.32 Å². The molecule has 0 aliphatic carbocycles. The molecule has 0 fully saturated rings. The maximum absolute atomic E-state index is 12.4. The van der Waals surface area contributed by atoms with Crippen LogP contribution in [0, 0.1) is 12.8 Å². The molecule has 0 unspecified atom stereocenters. The van der Waals surface area contributed by atoms with Crippen molar-refractivity contribution in [2.75, 3.05) is 0 Å². The molecule has 136 valence electrons. The van der Waals surface area contributed by atoms with Crippen LogP contribution in [0.4, 0.5) is 0 Å². The number of nitrogens with zero attached hydrogens (tertiary/aromatic N) is 2. The molecular formula is C22H27N3O. The number of aryl methyl sites for hydroxylation is 2. The predicted molar refractivity (Wildman–Crippen MR) is 106 cm³/mol. The largest absolute Gasteiger partial charge is 0.304 e. The number of hydrogen-bond acceptors (Lipinski definition) is 3. The van der Waals surface area contributed by atoms with Crippen LogP contribution < -0.4 is 10.9 Å². The van der Waals surface area contributed by atoms with Gasteiger partial charge in [0.25, 0.3) is 5.56 Å². The monoisotopic (exact) mass is 349 g/mol. The van der Waals surface area contributed by atoms with Crippen LogP contribution in [0.2, 0.25) is 0 Å². The van der Waals surface area contributed by atoms with Gasteiger partial charge in [-0.05, 0) is 42.5 Å². The highest BCUT2D eigenvalue weighted by atomic mass is 16.1. The molecule has 0 aliphatic heterocycles. The number of benzene rings is 1. The summed E-state index contributed by atoms with van der Waals surface area (Å²) in [7, 11) is 0. The molecular weight excluding hydrogens is 322 g/mol. The van der Waals surface area contributed by atoms with Gasteiger partial charge in [-0.1, -0.05) is 51.1 Å². The second kappa shape index (κ2) is 7.83. The normalized spacial score (nSPS) is 12.7. The summed E-state index contributed by atoms with van der Waals surface area (Å²) in [6, 6.07) is 16.4. The molecule has 0 saturated heterocycles. The molecule has 26 heavy (non-hydrogen) atoms. The first kappa shape index (κ1) is 18.3. The second-order valence-corrected chi connectivity index (χ2v) is 7.14. The highest BCUT2D eigenvalue weighted by Gasteiger charge is 2.16. The Morgan fingerprint density at radius 3 is 2.50 bits per heavy atom. The van der Waals surface area contributed by atoms with Crippen LogP contribution in [-0.2, 0) is 13.0 Å². The molecule has 3 rings (SSSR count). The average Bonchev–Trinajstić information content (AvgIpc) is 2.62. The van der Waals surface area contributed by atoms with Crippen LogP contribution in [0.3, 0.4) is 0 Å². The Bertz CT molecular complexity index is 942. The first-order valence-electron chi connectivity index (χ1n) is 9.30. The minimum atomic E-state index is -0.0294. The number of hydrogen-bond donors (Lipinski definition) is 1. The van der Waals surface area contributed by atoms with E-state index in [1.807, 2.05) is 25.1 Å². The summed E-state index contributed by atoms with van der Waals surface area (Å²) in [6.45, 7) is 9.06. The maximum Gasteiger partial charge on any atom is 0.258 e. The Hall–Kier alpha value is -2.46. The Balaban J connectivity index is 1.83. The Labute approximate surface area is 154 Å². The molecule has 0 aliphatic rings. The van der Waals surface area contributed by atoms with Gasteiger partial charge in [-0.3, -0.25) is 9.20 Å². The fourth-order valence-electron chi connectivity index (χ4n) is 3.37. The van der Waals surface area contributed by atoms with E-state index in [9.17, 15) is 4.79 Å². The Morgan fingerprint density at radius 1 is 1.12 bits per heavy atom. The van der Waals surface area contributed by atoms with E-state index in [0.29, 0.717) is 18.1 Å². The third-order valence-electron chi connectivity index (χ3n) is 4.85. The van der Waals surface area contributed by atoms with Crippen LogP contribution in [0.1, 0.15) is 49.3 Å². The van der Waals surface area contributed by atoms with E-state index in [-0.39, 0.29) is 11.6 Å². The van der Waals surface area contributed by atoms with Gasteiger partial charge in [0.1, 0.15) is 5.65 Å². The number of aromatic nitrogens is 2. The molecule has 1 atom stereocenters. The number of rotatable bonds is 6. The summed E-state index contributed by atoms with van der Waals surface area (Å²) >= 11 is 0. The van der Waals surface area contributed by atoms with E-state index in [4.69, 9.17) is 0 Å². The molecule has 0 bridgehead atoms. The van der Waals surface area contributed by atoms with Crippen LogP contribution in [0.5, 0.6) is 0 Å². The van der Waals surface area contributed by atoms with Gasteiger partial charge in [0.2, 0.25) is 0 Å². The first-order chi connectivity index (χ1) is 12.5.